The molecule has 2 atom stereocenters. The first-order chi connectivity index (χ1) is 14.4. The zero-order valence-corrected chi connectivity index (χ0v) is 17.9. The summed E-state index contributed by atoms with van der Waals surface area (Å²) in [5.41, 5.74) is 2.28. The van der Waals surface area contributed by atoms with Gasteiger partial charge in [-0.15, -0.1) is 0 Å². The molecule has 30 heavy (non-hydrogen) atoms. The highest BCUT2D eigenvalue weighted by atomic mass is 35.5. The summed E-state index contributed by atoms with van der Waals surface area (Å²) >= 11 is 6.01. The van der Waals surface area contributed by atoms with Gasteiger partial charge in [-0.05, 0) is 42.3 Å². The Kier molecular flexibility index (Phi) is 7.11. The quantitative estimate of drug-likeness (QED) is 0.701. The molecule has 0 radical (unpaired) electrons. The number of carbonyl (C=O) groups is 3. The minimum atomic E-state index is -0.412. The number of amides is 3. The molecule has 0 spiro atoms. The van der Waals surface area contributed by atoms with Gasteiger partial charge in [-0.1, -0.05) is 43.6 Å². The lowest BCUT2D eigenvalue weighted by Crippen LogP contribution is -2.32. The van der Waals surface area contributed by atoms with Gasteiger partial charge in [0, 0.05) is 41.8 Å². The Morgan fingerprint density at radius 1 is 1.20 bits per heavy atom. The van der Waals surface area contributed by atoms with Crippen molar-refractivity contribution in [3.8, 4) is 0 Å². The summed E-state index contributed by atoms with van der Waals surface area (Å²) in [6, 6.07) is 14.5. The molecule has 0 aliphatic carbocycles. The van der Waals surface area contributed by atoms with Crippen LogP contribution in [-0.4, -0.2) is 24.3 Å². The lowest BCUT2D eigenvalue weighted by atomic mass is 10.1. The largest absolute Gasteiger partial charge is 0.352 e. The molecule has 0 bridgehead atoms. The molecule has 0 saturated carbocycles. The first kappa shape index (κ1) is 21.8. The first-order valence-electron chi connectivity index (χ1n) is 10.1. The van der Waals surface area contributed by atoms with Gasteiger partial charge in [0.2, 0.25) is 17.7 Å². The summed E-state index contributed by atoms with van der Waals surface area (Å²) in [6.45, 7) is 4.51. The average Bonchev–Trinajstić information content (AvgIpc) is 3.13. The number of carbonyl (C=O) groups excluding carboxylic acids is 3. The molecule has 1 heterocycles. The SMILES string of the molecule is CCC(C)C(=O)Nc1cccc(CNC(=O)C2CC(=O)N(c3cccc(Cl)c3)C2)c1. The molecule has 2 N–H and O–H groups in total. The molecule has 158 valence electrons. The lowest BCUT2D eigenvalue weighted by Gasteiger charge is -2.17. The maximum Gasteiger partial charge on any atom is 0.227 e. The molecule has 3 amide bonds. The van der Waals surface area contributed by atoms with Crippen LogP contribution in [0.2, 0.25) is 5.02 Å². The van der Waals surface area contributed by atoms with E-state index in [1.165, 1.54) is 0 Å². The third kappa shape index (κ3) is 5.39. The average molecular weight is 428 g/mol. The Balaban J connectivity index is 1.56. The highest BCUT2D eigenvalue weighted by molar-refractivity contribution is 6.31. The van der Waals surface area contributed by atoms with Gasteiger partial charge in [-0.2, -0.15) is 0 Å². The second-order valence-electron chi connectivity index (χ2n) is 7.60. The number of nitrogens with zero attached hydrogens (tertiary/aromatic N) is 1. The fourth-order valence-corrected chi connectivity index (χ4v) is 3.50. The molecule has 1 fully saturated rings. The van der Waals surface area contributed by atoms with E-state index >= 15 is 0 Å². The number of nitrogens with one attached hydrogen (secondary N) is 2. The van der Waals surface area contributed by atoms with Crippen LogP contribution in [0.4, 0.5) is 11.4 Å². The van der Waals surface area contributed by atoms with E-state index < -0.39 is 5.92 Å². The topological polar surface area (TPSA) is 78.5 Å². The Labute approximate surface area is 181 Å². The highest BCUT2D eigenvalue weighted by Gasteiger charge is 2.35. The molecule has 1 aliphatic rings. The van der Waals surface area contributed by atoms with Crippen molar-refractivity contribution >= 4 is 40.7 Å². The molecule has 7 heteroatoms. The van der Waals surface area contributed by atoms with Crippen LogP contribution in [0.1, 0.15) is 32.3 Å². The standard InChI is InChI=1S/C23H26ClN3O3/c1-3-15(2)22(29)26-19-8-4-6-16(10-19)13-25-23(30)17-11-21(28)27(14-17)20-9-5-7-18(24)12-20/h4-10,12,15,17H,3,11,13-14H2,1-2H3,(H,25,30)(H,26,29). The van der Waals surface area contributed by atoms with Crippen LogP contribution < -0.4 is 15.5 Å². The summed E-state index contributed by atoms with van der Waals surface area (Å²) in [4.78, 5) is 38.6. The van der Waals surface area contributed by atoms with E-state index in [1.807, 2.05) is 44.2 Å². The number of anilines is 2. The predicted octanol–water partition coefficient (Wildman–Crippen LogP) is 3.99. The fraction of sp³-hybridized carbons (Fsp3) is 0.348. The Morgan fingerprint density at radius 2 is 1.97 bits per heavy atom. The summed E-state index contributed by atoms with van der Waals surface area (Å²) < 4.78 is 0. The summed E-state index contributed by atoms with van der Waals surface area (Å²) in [7, 11) is 0. The van der Waals surface area contributed by atoms with Crippen LogP contribution in [0.5, 0.6) is 0 Å². The third-order valence-electron chi connectivity index (χ3n) is 5.34. The van der Waals surface area contributed by atoms with Crippen molar-refractivity contribution < 1.29 is 14.4 Å². The molecule has 1 aliphatic heterocycles. The van der Waals surface area contributed by atoms with E-state index in [0.29, 0.717) is 29.5 Å². The number of hydrogen-bond acceptors (Lipinski definition) is 3. The van der Waals surface area contributed by atoms with Crippen molar-refractivity contribution in [1.82, 2.24) is 5.32 Å². The van der Waals surface area contributed by atoms with Crippen molar-refractivity contribution in [2.45, 2.75) is 33.2 Å². The molecule has 1 saturated heterocycles. The van der Waals surface area contributed by atoms with E-state index in [4.69, 9.17) is 11.6 Å². The summed E-state index contributed by atoms with van der Waals surface area (Å²) in [5, 5.41) is 6.35. The maximum absolute atomic E-state index is 12.6. The molecular weight excluding hydrogens is 402 g/mol. The van der Waals surface area contributed by atoms with Gasteiger partial charge in [0.05, 0.1) is 5.92 Å². The van der Waals surface area contributed by atoms with E-state index in [1.54, 1.807) is 23.1 Å². The van der Waals surface area contributed by atoms with Gasteiger partial charge >= 0.3 is 0 Å². The van der Waals surface area contributed by atoms with Gasteiger partial charge < -0.3 is 15.5 Å². The lowest BCUT2D eigenvalue weighted by molar-refractivity contribution is -0.126. The van der Waals surface area contributed by atoms with Crippen molar-refractivity contribution in [1.29, 1.82) is 0 Å². The smallest absolute Gasteiger partial charge is 0.227 e. The van der Waals surface area contributed by atoms with Crippen molar-refractivity contribution in [3.63, 3.8) is 0 Å². The number of rotatable bonds is 7. The van der Waals surface area contributed by atoms with Crippen LogP contribution in [0.25, 0.3) is 0 Å². The zero-order chi connectivity index (χ0) is 21.7. The minimum Gasteiger partial charge on any atom is -0.352 e. The first-order valence-corrected chi connectivity index (χ1v) is 10.5. The van der Waals surface area contributed by atoms with Crippen LogP contribution in [-0.2, 0) is 20.9 Å². The van der Waals surface area contributed by atoms with E-state index in [9.17, 15) is 14.4 Å². The molecule has 0 aromatic heterocycles. The molecule has 2 aromatic rings. The maximum atomic E-state index is 12.6. The third-order valence-corrected chi connectivity index (χ3v) is 5.57. The zero-order valence-electron chi connectivity index (χ0n) is 17.2. The minimum absolute atomic E-state index is 0.0238. The van der Waals surface area contributed by atoms with Gasteiger partial charge in [-0.25, -0.2) is 0 Å². The Morgan fingerprint density at radius 3 is 2.70 bits per heavy atom. The van der Waals surface area contributed by atoms with Gasteiger partial charge in [0.1, 0.15) is 0 Å². The molecule has 6 nitrogen and oxygen atoms in total. The van der Waals surface area contributed by atoms with Crippen molar-refractivity contribution in [3.05, 3.63) is 59.1 Å². The van der Waals surface area contributed by atoms with Gasteiger partial charge in [-0.3, -0.25) is 14.4 Å². The highest BCUT2D eigenvalue weighted by Crippen LogP contribution is 2.27. The monoisotopic (exact) mass is 427 g/mol. The van der Waals surface area contributed by atoms with Crippen molar-refractivity contribution in [2.75, 3.05) is 16.8 Å². The van der Waals surface area contributed by atoms with E-state index in [0.717, 1.165) is 12.0 Å². The molecule has 2 aromatic carbocycles. The summed E-state index contributed by atoms with van der Waals surface area (Å²) in [6.07, 6.45) is 0.942. The number of hydrogen-bond donors (Lipinski definition) is 2. The second-order valence-corrected chi connectivity index (χ2v) is 8.04. The van der Waals surface area contributed by atoms with Crippen molar-refractivity contribution in [2.24, 2.45) is 11.8 Å². The number of halogens is 1. The molecule has 3 rings (SSSR count). The van der Waals surface area contributed by atoms with E-state index in [2.05, 4.69) is 10.6 Å². The predicted molar refractivity (Wildman–Crippen MR) is 118 cm³/mol. The van der Waals surface area contributed by atoms with Crippen LogP contribution >= 0.6 is 11.6 Å². The van der Waals surface area contributed by atoms with Crippen LogP contribution in [0, 0.1) is 11.8 Å². The second kappa shape index (κ2) is 9.76. The van der Waals surface area contributed by atoms with Gasteiger partial charge in [0.15, 0.2) is 0 Å². The number of benzene rings is 2. The van der Waals surface area contributed by atoms with Gasteiger partial charge in [0.25, 0.3) is 0 Å². The molecular formula is C23H26ClN3O3. The normalized spacial score (nSPS) is 17.0. The van der Waals surface area contributed by atoms with E-state index in [-0.39, 0.29) is 30.1 Å². The fourth-order valence-electron chi connectivity index (χ4n) is 3.32. The Hall–Kier alpha value is -2.86. The Bertz CT molecular complexity index is 947. The van der Waals surface area contributed by atoms with Crippen LogP contribution in [0.3, 0.4) is 0 Å². The molecule has 2 unspecified atom stereocenters. The van der Waals surface area contributed by atoms with Crippen LogP contribution in [0.15, 0.2) is 48.5 Å². The summed E-state index contributed by atoms with van der Waals surface area (Å²) in [5.74, 6) is -0.751.